The van der Waals surface area contributed by atoms with Gasteiger partial charge in [-0.3, -0.25) is 4.79 Å². The molecule has 2 atom stereocenters. The molecule has 2 rings (SSSR count). The zero-order chi connectivity index (χ0) is 15.0. The molecule has 1 aliphatic carbocycles. The number of ketones is 1. The third-order valence-electron chi connectivity index (χ3n) is 4.18. The van der Waals surface area contributed by atoms with Gasteiger partial charge in [0.1, 0.15) is 5.60 Å². The van der Waals surface area contributed by atoms with Crippen LogP contribution in [0.3, 0.4) is 0 Å². The van der Waals surface area contributed by atoms with E-state index >= 15 is 0 Å². The number of amides is 1. The highest BCUT2D eigenvalue weighted by atomic mass is 19.1. The van der Waals surface area contributed by atoms with Crippen molar-refractivity contribution in [1.82, 2.24) is 4.90 Å². The molecule has 1 amide bonds. The number of nitrogens with zero attached hydrogens (tertiary/aromatic N) is 1. The third kappa shape index (κ3) is 3.49. The Morgan fingerprint density at radius 2 is 2.10 bits per heavy atom. The number of rotatable bonds is 0. The highest BCUT2D eigenvalue weighted by molar-refractivity contribution is 5.83. The van der Waals surface area contributed by atoms with Gasteiger partial charge in [0.2, 0.25) is 0 Å². The number of halogens is 1. The van der Waals surface area contributed by atoms with Gasteiger partial charge in [-0.05, 0) is 51.9 Å². The van der Waals surface area contributed by atoms with Gasteiger partial charge in [-0.1, -0.05) is 0 Å². The normalized spacial score (nSPS) is 31.5. The number of Topliss-reactive ketones (excluding diaryl/α,β-unsaturated/α-hetero) is 1. The molecular weight excluding hydrogens is 261 g/mol. The molecule has 2 fully saturated rings. The van der Waals surface area contributed by atoms with Gasteiger partial charge in [-0.15, -0.1) is 0 Å². The van der Waals surface area contributed by atoms with Crippen LogP contribution in [0.4, 0.5) is 9.18 Å². The highest BCUT2D eigenvalue weighted by Gasteiger charge is 2.44. The van der Waals surface area contributed by atoms with Crippen molar-refractivity contribution in [1.29, 1.82) is 0 Å². The molecule has 0 aromatic heterocycles. The molecule has 0 aromatic rings. The van der Waals surface area contributed by atoms with E-state index in [1.54, 1.807) is 4.90 Å². The van der Waals surface area contributed by atoms with Crippen molar-refractivity contribution in [3.63, 3.8) is 0 Å². The summed E-state index contributed by atoms with van der Waals surface area (Å²) in [5, 5.41) is 0. The molecule has 0 radical (unpaired) electrons. The fourth-order valence-electron chi connectivity index (χ4n) is 3.20. The molecule has 1 heterocycles. The molecule has 0 bridgehead atoms. The van der Waals surface area contributed by atoms with Crippen LogP contribution < -0.4 is 0 Å². The summed E-state index contributed by atoms with van der Waals surface area (Å²) in [5.41, 5.74) is -0.755. The zero-order valence-electron chi connectivity index (χ0n) is 12.6. The molecule has 114 valence electrons. The predicted molar refractivity (Wildman–Crippen MR) is 73.2 cm³/mol. The van der Waals surface area contributed by atoms with Crippen LogP contribution >= 0.6 is 0 Å². The molecule has 0 N–H and O–H groups in total. The summed E-state index contributed by atoms with van der Waals surface area (Å²) >= 11 is 0. The van der Waals surface area contributed by atoms with Gasteiger partial charge in [-0.25, -0.2) is 9.18 Å². The minimum atomic E-state index is -1.36. The molecule has 5 heteroatoms. The Labute approximate surface area is 119 Å². The molecule has 1 aliphatic heterocycles. The second kappa shape index (κ2) is 5.34. The summed E-state index contributed by atoms with van der Waals surface area (Å²) in [4.78, 5) is 25.1. The maximum absolute atomic E-state index is 13.7. The number of alkyl halides is 1. The molecule has 4 nitrogen and oxygen atoms in total. The van der Waals surface area contributed by atoms with E-state index in [-0.39, 0.29) is 23.7 Å². The first-order chi connectivity index (χ1) is 9.21. The van der Waals surface area contributed by atoms with Gasteiger partial charge in [0.15, 0.2) is 12.0 Å². The Kier molecular flexibility index (Phi) is 4.07. The number of hydrogen-bond acceptors (Lipinski definition) is 3. The molecular formula is C15H24FNO3. The summed E-state index contributed by atoms with van der Waals surface area (Å²) in [7, 11) is 0. The summed E-state index contributed by atoms with van der Waals surface area (Å²) in [5.74, 6) is -0.287. The number of ether oxygens (including phenoxy) is 1. The van der Waals surface area contributed by atoms with Crippen LogP contribution in [0.1, 0.15) is 52.9 Å². The average Bonchev–Trinajstić information content (AvgIpc) is 2.33. The van der Waals surface area contributed by atoms with E-state index in [0.717, 1.165) is 12.8 Å². The molecule has 1 spiro atoms. The van der Waals surface area contributed by atoms with E-state index < -0.39 is 11.8 Å². The summed E-state index contributed by atoms with van der Waals surface area (Å²) in [6, 6.07) is 0. The largest absolute Gasteiger partial charge is 0.444 e. The monoisotopic (exact) mass is 285 g/mol. The lowest BCUT2D eigenvalue weighted by molar-refractivity contribution is -0.130. The molecule has 1 saturated carbocycles. The first-order valence-corrected chi connectivity index (χ1v) is 7.36. The maximum atomic E-state index is 13.7. The van der Waals surface area contributed by atoms with Crippen LogP contribution in [-0.4, -0.2) is 41.6 Å². The van der Waals surface area contributed by atoms with E-state index in [9.17, 15) is 14.0 Å². The zero-order valence-corrected chi connectivity index (χ0v) is 12.6. The van der Waals surface area contributed by atoms with Crippen molar-refractivity contribution in [3.8, 4) is 0 Å². The van der Waals surface area contributed by atoms with E-state index in [2.05, 4.69) is 0 Å². The van der Waals surface area contributed by atoms with Crippen LogP contribution in [0.5, 0.6) is 0 Å². The minimum Gasteiger partial charge on any atom is -0.444 e. The van der Waals surface area contributed by atoms with Crippen LogP contribution in [0.15, 0.2) is 0 Å². The van der Waals surface area contributed by atoms with Crippen molar-refractivity contribution in [2.75, 3.05) is 13.1 Å². The molecule has 0 aromatic carbocycles. The number of likely N-dealkylation sites (tertiary alicyclic amines) is 1. The Morgan fingerprint density at radius 3 is 2.70 bits per heavy atom. The second-order valence-electron chi connectivity index (χ2n) is 7.14. The van der Waals surface area contributed by atoms with E-state index in [1.807, 2.05) is 20.8 Å². The van der Waals surface area contributed by atoms with Crippen molar-refractivity contribution in [3.05, 3.63) is 0 Å². The first kappa shape index (κ1) is 15.3. The number of piperidine rings is 1. The van der Waals surface area contributed by atoms with Crippen LogP contribution in [0.25, 0.3) is 0 Å². The topological polar surface area (TPSA) is 46.6 Å². The number of carbonyl (C=O) groups excluding carboxylic acids is 2. The quantitative estimate of drug-likeness (QED) is 0.687. The fraction of sp³-hybridized carbons (Fsp3) is 0.867. The molecule has 20 heavy (non-hydrogen) atoms. The molecule has 2 aliphatic rings. The molecule has 2 unspecified atom stereocenters. The van der Waals surface area contributed by atoms with Gasteiger partial charge in [0, 0.05) is 19.5 Å². The standard InChI is InChI=1S/C15H24FNO3/c1-14(2,3)20-13(19)17-8-4-6-15(10-17)7-5-12(18)11(16)9-15/h11H,4-10H2,1-3H3. The summed E-state index contributed by atoms with van der Waals surface area (Å²) < 4.78 is 19.1. The lowest BCUT2D eigenvalue weighted by Crippen LogP contribution is -2.50. The van der Waals surface area contributed by atoms with Gasteiger partial charge >= 0.3 is 6.09 Å². The van der Waals surface area contributed by atoms with Crippen molar-refractivity contribution >= 4 is 11.9 Å². The number of carbonyl (C=O) groups is 2. The predicted octanol–water partition coefficient (Wildman–Crippen LogP) is 3.09. The maximum Gasteiger partial charge on any atom is 0.410 e. The van der Waals surface area contributed by atoms with Gasteiger partial charge in [0.25, 0.3) is 0 Å². The second-order valence-corrected chi connectivity index (χ2v) is 7.14. The Bertz CT molecular complexity index is 404. The highest BCUT2D eigenvalue weighted by Crippen LogP contribution is 2.43. The van der Waals surface area contributed by atoms with Crippen molar-refractivity contribution in [2.24, 2.45) is 5.41 Å². The minimum absolute atomic E-state index is 0.234. The van der Waals surface area contributed by atoms with Gasteiger partial charge in [-0.2, -0.15) is 0 Å². The van der Waals surface area contributed by atoms with Gasteiger partial charge in [0.05, 0.1) is 0 Å². The Balaban J connectivity index is 2.01. The summed E-state index contributed by atoms with van der Waals surface area (Å²) in [6.45, 7) is 6.67. The summed E-state index contributed by atoms with van der Waals surface area (Å²) in [6.07, 6.45) is 1.28. The molecule has 1 saturated heterocycles. The number of hydrogen-bond donors (Lipinski definition) is 0. The van der Waals surface area contributed by atoms with E-state index in [4.69, 9.17) is 4.74 Å². The average molecular weight is 285 g/mol. The van der Waals surface area contributed by atoms with Crippen LogP contribution in [0.2, 0.25) is 0 Å². The van der Waals surface area contributed by atoms with Crippen LogP contribution in [-0.2, 0) is 9.53 Å². The van der Waals surface area contributed by atoms with Gasteiger partial charge < -0.3 is 9.64 Å². The third-order valence-corrected chi connectivity index (χ3v) is 4.18. The van der Waals surface area contributed by atoms with E-state index in [1.165, 1.54) is 0 Å². The first-order valence-electron chi connectivity index (χ1n) is 7.36. The van der Waals surface area contributed by atoms with Crippen LogP contribution in [0, 0.1) is 5.41 Å². The Hall–Kier alpha value is -1.13. The van der Waals surface area contributed by atoms with Crippen molar-refractivity contribution in [2.45, 2.75) is 64.6 Å². The fourth-order valence-corrected chi connectivity index (χ4v) is 3.20. The van der Waals surface area contributed by atoms with E-state index in [0.29, 0.717) is 25.9 Å². The lowest BCUT2D eigenvalue weighted by atomic mass is 9.68. The lowest BCUT2D eigenvalue weighted by Gasteiger charge is -2.45. The van der Waals surface area contributed by atoms with Crippen molar-refractivity contribution < 1.29 is 18.7 Å². The smallest absolute Gasteiger partial charge is 0.410 e. The Morgan fingerprint density at radius 1 is 1.40 bits per heavy atom. The SMILES string of the molecule is CC(C)(C)OC(=O)N1CCCC2(CCC(=O)C(F)C2)C1.